The van der Waals surface area contributed by atoms with Crippen molar-refractivity contribution in [2.75, 3.05) is 0 Å². The smallest absolute Gasteiger partial charge is 0.135 e. The van der Waals surface area contributed by atoms with Gasteiger partial charge in [-0.1, -0.05) is 98.8 Å². The highest BCUT2D eigenvalue weighted by atomic mass is 16.3. The summed E-state index contributed by atoms with van der Waals surface area (Å²) in [6.45, 7) is 4.00. The first-order valence-electron chi connectivity index (χ1n) is 19.7. The van der Waals surface area contributed by atoms with Crippen molar-refractivity contribution in [2.24, 2.45) is 0 Å². The summed E-state index contributed by atoms with van der Waals surface area (Å²) in [4.78, 5) is 13.8. The van der Waals surface area contributed by atoms with Crippen LogP contribution in [0.3, 0.4) is 0 Å². The molecule has 11 rings (SSSR count). The van der Waals surface area contributed by atoms with Crippen molar-refractivity contribution in [1.82, 2.24) is 19.5 Å². The van der Waals surface area contributed by atoms with Crippen molar-refractivity contribution in [3.63, 3.8) is 0 Å². The number of fused-ring (bicyclic) bond motifs is 6. The van der Waals surface area contributed by atoms with Gasteiger partial charge in [0.05, 0.1) is 22.4 Å². The molecule has 276 valence electrons. The molecule has 0 aliphatic carbocycles. The Morgan fingerprint density at radius 3 is 1.47 bits per heavy atom. The second-order valence-corrected chi connectivity index (χ2v) is 14.1. The highest BCUT2D eigenvalue weighted by molar-refractivity contribution is 6.13. The summed E-state index contributed by atoms with van der Waals surface area (Å²) >= 11 is 0. The molecule has 0 saturated heterocycles. The van der Waals surface area contributed by atoms with Crippen LogP contribution in [0.25, 0.3) is 105 Å². The molecule has 0 fully saturated rings. The van der Waals surface area contributed by atoms with Crippen LogP contribution in [0.5, 0.6) is 0 Å². The maximum Gasteiger partial charge on any atom is 0.135 e. The van der Waals surface area contributed by atoms with Crippen LogP contribution in [0, 0.1) is 0 Å². The molecule has 0 unspecified atom stereocenters. The van der Waals surface area contributed by atoms with Crippen LogP contribution in [0.2, 0.25) is 0 Å². The number of hydrogen-bond donors (Lipinski definition) is 0. The largest absolute Gasteiger partial charge is 0.456 e. The van der Waals surface area contributed by atoms with Gasteiger partial charge < -0.3 is 8.98 Å². The summed E-state index contributed by atoms with van der Waals surface area (Å²) < 4.78 is 8.77. The van der Waals surface area contributed by atoms with Gasteiger partial charge in [-0.3, -0.25) is 15.0 Å². The molecule has 6 aromatic carbocycles. The summed E-state index contributed by atoms with van der Waals surface area (Å²) in [7, 11) is 0. The van der Waals surface area contributed by atoms with E-state index in [2.05, 4.69) is 149 Å². The van der Waals surface area contributed by atoms with Gasteiger partial charge in [-0.25, -0.2) is 0 Å². The molecule has 0 radical (unpaired) electrons. The molecule has 0 aliphatic rings. The average molecular weight is 747 g/mol. The van der Waals surface area contributed by atoms with E-state index in [1.807, 2.05) is 62.8 Å². The highest BCUT2D eigenvalue weighted by Crippen LogP contribution is 2.41. The first-order chi connectivity index (χ1) is 28.8. The monoisotopic (exact) mass is 746 g/mol. The van der Waals surface area contributed by atoms with E-state index >= 15 is 0 Å². The van der Waals surface area contributed by atoms with Crippen LogP contribution in [-0.4, -0.2) is 19.5 Å². The fourth-order valence-corrected chi connectivity index (χ4v) is 8.21. The van der Waals surface area contributed by atoms with Gasteiger partial charge in [0.2, 0.25) is 0 Å². The predicted molar refractivity (Wildman–Crippen MR) is 240 cm³/mol. The van der Waals surface area contributed by atoms with E-state index in [-0.39, 0.29) is 0 Å². The molecule has 5 aromatic heterocycles. The third-order valence-corrected chi connectivity index (χ3v) is 10.8. The molecule has 0 bridgehead atoms. The van der Waals surface area contributed by atoms with Crippen LogP contribution in [-0.2, 0) is 0 Å². The Labute approximate surface area is 336 Å². The van der Waals surface area contributed by atoms with Crippen molar-refractivity contribution in [1.29, 1.82) is 0 Å². The quantitative estimate of drug-likeness (QED) is 0.170. The zero-order valence-corrected chi connectivity index (χ0v) is 32.2. The van der Waals surface area contributed by atoms with Gasteiger partial charge in [0.15, 0.2) is 0 Å². The third kappa shape index (κ3) is 6.01. The molecule has 5 nitrogen and oxygen atoms in total. The van der Waals surface area contributed by atoms with E-state index in [0.717, 1.165) is 94.6 Å². The van der Waals surface area contributed by atoms with E-state index in [0.29, 0.717) is 0 Å². The van der Waals surface area contributed by atoms with Crippen LogP contribution < -0.4 is 0 Å². The molecule has 0 N–H and O–H groups in total. The summed E-state index contributed by atoms with van der Waals surface area (Å²) in [6.07, 6.45) is 7.41. The summed E-state index contributed by atoms with van der Waals surface area (Å²) in [5.74, 6) is 0. The Hall–Kier alpha value is -7.63. The van der Waals surface area contributed by atoms with Gasteiger partial charge in [0.1, 0.15) is 11.2 Å². The van der Waals surface area contributed by atoms with E-state index in [4.69, 9.17) is 14.4 Å². The minimum Gasteiger partial charge on any atom is -0.456 e. The second-order valence-electron chi connectivity index (χ2n) is 14.1. The topological polar surface area (TPSA) is 56.7 Å². The van der Waals surface area contributed by atoms with Crippen molar-refractivity contribution in [3.8, 4) is 61.6 Å². The number of benzene rings is 6. The van der Waals surface area contributed by atoms with Crippen molar-refractivity contribution >= 4 is 43.7 Å². The lowest BCUT2D eigenvalue weighted by Crippen LogP contribution is -1.94. The number of nitrogens with zero attached hydrogens (tertiary/aromatic N) is 4. The van der Waals surface area contributed by atoms with Gasteiger partial charge in [0, 0.05) is 68.7 Å². The van der Waals surface area contributed by atoms with Crippen molar-refractivity contribution in [3.05, 3.63) is 195 Å². The lowest BCUT2D eigenvalue weighted by atomic mass is 9.94. The van der Waals surface area contributed by atoms with Gasteiger partial charge in [-0.15, -0.1) is 0 Å². The lowest BCUT2D eigenvalue weighted by Gasteiger charge is -2.11. The van der Waals surface area contributed by atoms with Gasteiger partial charge in [0.25, 0.3) is 0 Å². The molecule has 11 aromatic rings. The second kappa shape index (κ2) is 14.8. The van der Waals surface area contributed by atoms with Crippen molar-refractivity contribution < 1.29 is 4.42 Å². The fraction of sp³-hybridized carbons (Fsp3) is 0.0377. The predicted octanol–water partition coefficient (Wildman–Crippen LogP) is 14.2. The standard InChI is InChI=1S/C51H32N4O.C2H6/c1-3-13-40(46-15-5-7-26-53-46)38(11-1)34-17-21-48-42(29-34)43-30-35(39-12-2-4-14-41(39)47-16-6-8-27-54-47)18-22-49(43)55(48)37-20-24-51-45(31-37)44-28-33(19-23-50(44)56-51)36-10-9-25-52-32-36;1-2/h1-32H;1-2H3. The first kappa shape index (κ1) is 34.8. The summed E-state index contributed by atoms with van der Waals surface area (Å²) in [6, 6.07) is 59.9. The van der Waals surface area contributed by atoms with Gasteiger partial charge in [-0.2, -0.15) is 0 Å². The number of pyridine rings is 3. The average Bonchev–Trinajstić information content (AvgIpc) is 3.84. The Balaban J connectivity index is 0.00000201. The van der Waals surface area contributed by atoms with E-state index in [9.17, 15) is 0 Å². The van der Waals surface area contributed by atoms with E-state index in [1.165, 1.54) is 10.8 Å². The molecule has 0 amide bonds. The van der Waals surface area contributed by atoms with Crippen LogP contribution in [0.4, 0.5) is 0 Å². The van der Waals surface area contributed by atoms with Crippen molar-refractivity contribution in [2.45, 2.75) is 13.8 Å². The number of furan rings is 1. The molecule has 58 heavy (non-hydrogen) atoms. The normalized spacial score (nSPS) is 11.3. The van der Waals surface area contributed by atoms with E-state index < -0.39 is 0 Å². The molecular formula is C53H38N4O. The molecule has 0 atom stereocenters. The Morgan fingerprint density at radius 1 is 0.397 bits per heavy atom. The van der Waals surface area contributed by atoms with E-state index in [1.54, 1.807) is 6.20 Å². The minimum absolute atomic E-state index is 0.856. The van der Waals surface area contributed by atoms with Gasteiger partial charge in [-0.05, 0) is 113 Å². The van der Waals surface area contributed by atoms with Crippen LogP contribution in [0.15, 0.2) is 199 Å². The zero-order valence-electron chi connectivity index (χ0n) is 32.2. The first-order valence-corrected chi connectivity index (χ1v) is 19.7. The maximum absolute atomic E-state index is 6.38. The maximum atomic E-state index is 6.38. The fourth-order valence-electron chi connectivity index (χ4n) is 8.21. The number of hydrogen-bond acceptors (Lipinski definition) is 4. The molecule has 0 saturated carbocycles. The zero-order chi connectivity index (χ0) is 39.0. The third-order valence-electron chi connectivity index (χ3n) is 10.8. The highest BCUT2D eigenvalue weighted by Gasteiger charge is 2.19. The number of aromatic nitrogens is 4. The summed E-state index contributed by atoms with van der Waals surface area (Å²) in [5, 5.41) is 4.48. The van der Waals surface area contributed by atoms with Crippen LogP contribution >= 0.6 is 0 Å². The molecule has 0 aliphatic heterocycles. The SMILES string of the molecule is CC.c1ccc(-c2ccccc2-c2ccc3c(c2)c2cc(-c4ccccc4-c4ccccn4)ccc2n3-c2ccc3oc4ccc(-c5cccnc5)cc4c3c2)nc1. The Morgan fingerprint density at radius 2 is 0.914 bits per heavy atom. The van der Waals surface area contributed by atoms with Crippen LogP contribution in [0.1, 0.15) is 13.8 Å². The molecular weight excluding hydrogens is 709 g/mol. The molecule has 0 spiro atoms. The Kier molecular flexibility index (Phi) is 8.88. The molecule has 5 heteroatoms. The van der Waals surface area contributed by atoms with Gasteiger partial charge >= 0.3 is 0 Å². The molecule has 5 heterocycles. The minimum atomic E-state index is 0.856. The lowest BCUT2D eigenvalue weighted by molar-refractivity contribution is 0.669. The summed E-state index contributed by atoms with van der Waals surface area (Å²) in [5.41, 5.74) is 15.9. The Bertz CT molecular complexity index is 3100. The number of rotatable bonds is 6.